The molecule has 0 atom stereocenters. The van der Waals surface area contributed by atoms with Crippen molar-refractivity contribution in [3.8, 4) is 0 Å². The SMILES string of the molecule is O=c1cnc(Br)cn1Cc1cccnc1. The van der Waals surface area contributed by atoms with E-state index < -0.39 is 0 Å². The Morgan fingerprint density at radius 3 is 3.00 bits per heavy atom. The topological polar surface area (TPSA) is 47.8 Å². The Balaban J connectivity index is 2.32. The average molecular weight is 266 g/mol. The third-order valence-corrected chi connectivity index (χ3v) is 2.33. The molecular formula is C10H8BrN3O. The zero-order valence-corrected chi connectivity index (χ0v) is 9.39. The first kappa shape index (κ1) is 10.0. The summed E-state index contributed by atoms with van der Waals surface area (Å²) in [6.07, 6.45) is 6.39. The van der Waals surface area contributed by atoms with E-state index >= 15 is 0 Å². The zero-order chi connectivity index (χ0) is 10.7. The Labute approximate surface area is 94.8 Å². The van der Waals surface area contributed by atoms with Gasteiger partial charge in [-0.15, -0.1) is 0 Å². The molecule has 0 amide bonds. The van der Waals surface area contributed by atoms with Gasteiger partial charge in [0.05, 0.1) is 12.7 Å². The maximum absolute atomic E-state index is 11.4. The third kappa shape index (κ3) is 2.50. The Morgan fingerprint density at radius 2 is 2.27 bits per heavy atom. The molecule has 76 valence electrons. The highest BCUT2D eigenvalue weighted by Crippen LogP contribution is 2.03. The Morgan fingerprint density at radius 1 is 1.40 bits per heavy atom. The number of hydrogen-bond donors (Lipinski definition) is 0. The van der Waals surface area contributed by atoms with Crippen molar-refractivity contribution in [3.63, 3.8) is 0 Å². The summed E-state index contributed by atoms with van der Waals surface area (Å²) >= 11 is 3.22. The Hall–Kier alpha value is -1.49. The van der Waals surface area contributed by atoms with Crippen LogP contribution in [0, 0.1) is 0 Å². The summed E-state index contributed by atoms with van der Waals surface area (Å²) in [4.78, 5) is 19.3. The van der Waals surface area contributed by atoms with E-state index in [-0.39, 0.29) is 5.56 Å². The van der Waals surface area contributed by atoms with Gasteiger partial charge in [-0.2, -0.15) is 0 Å². The van der Waals surface area contributed by atoms with Gasteiger partial charge in [0.2, 0.25) is 0 Å². The first-order chi connectivity index (χ1) is 7.25. The van der Waals surface area contributed by atoms with Gasteiger partial charge >= 0.3 is 0 Å². The van der Waals surface area contributed by atoms with Crippen molar-refractivity contribution in [1.82, 2.24) is 14.5 Å². The summed E-state index contributed by atoms with van der Waals surface area (Å²) in [5, 5.41) is 0. The van der Waals surface area contributed by atoms with Crippen molar-refractivity contribution >= 4 is 15.9 Å². The molecule has 0 aromatic carbocycles. The van der Waals surface area contributed by atoms with E-state index in [2.05, 4.69) is 25.9 Å². The molecule has 0 aliphatic heterocycles. The van der Waals surface area contributed by atoms with Crippen LogP contribution in [0.4, 0.5) is 0 Å². The van der Waals surface area contributed by atoms with Gasteiger partial charge in [0.1, 0.15) is 4.60 Å². The minimum Gasteiger partial charge on any atom is -0.307 e. The van der Waals surface area contributed by atoms with Crippen LogP contribution in [0.2, 0.25) is 0 Å². The number of halogens is 1. The van der Waals surface area contributed by atoms with Gasteiger partial charge in [-0.25, -0.2) is 4.98 Å². The molecule has 0 bridgehead atoms. The molecule has 0 saturated heterocycles. The molecule has 0 radical (unpaired) electrons. The molecule has 5 heteroatoms. The van der Waals surface area contributed by atoms with Crippen LogP contribution in [0.15, 0.2) is 46.3 Å². The molecule has 0 unspecified atom stereocenters. The number of nitrogens with zero attached hydrogens (tertiary/aromatic N) is 3. The molecule has 15 heavy (non-hydrogen) atoms. The van der Waals surface area contributed by atoms with E-state index in [1.807, 2.05) is 12.1 Å². The Bertz CT molecular complexity index is 510. The van der Waals surface area contributed by atoms with Crippen LogP contribution in [-0.4, -0.2) is 14.5 Å². The van der Waals surface area contributed by atoms with E-state index in [1.165, 1.54) is 6.20 Å². The highest BCUT2D eigenvalue weighted by Gasteiger charge is 1.99. The summed E-state index contributed by atoms with van der Waals surface area (Å²) in [5.41, 5.74) is 0.861. The van der Waals surface area contributed by atoms with Crippen LogP contribution < -0.4 is 5.56 Å². The fraction of sp³-hybridized carbons (Fsp3) is 0.100. The van der Waals surface area contributed by atoms with E-state index in [4.69, 9.17) is 0 Å². The molecule has 4 nitrogen and oxygen atoms in total. The molecule has 0 fully saturated rings. The molecule has 2 heterocycles. The summed E-state index contributed by atoms with van der Waals surface area (Å²) in [7, 11) is 0. The minimum atomic E-state index is -0.123. The maximum atomic E-state index is 11.4. The van der Waals surface area contributed by atoms with Gasteiger partial charge in [0.25, 0.3) is 5.56 Å². The second kappa shape index (κ2) is 4.35. The molecule has 0 N–H and O–H groups in total. The highest BCUT2D eigenvalue weighted by molar-refractivity contribution is 9.10. The smallest absolute Gasteiger partial charge is 0.269 e. The molecule has 2 aromatic rings. The summed E-state index contributed by atoms with van der Waals surface area (Å²) in [6, 6.07) is 3.77. The second-order valence-corrected chi connectivity index (χ2v) is 3.85. The lowest BCUT2D eigenvalue weighted by Gasteiger charge is -2.04. The number of pyridine rings is 1. The molecule has 0 aliphatic carbocycles. The van der Waals surface area contributed by atoms with Gasteiger partial charge in [0.15, 0.2) is 0 Å². The second-order valence-electron chi connectivity index (χ2n) is 3.04. The van der Waals surface area contributed by atoms with Crippen molar-refractivity contribution < 1.29 is 0 Å². The zero-order valence-electron chi connectivity index (χ0n) is 7.80. The van der Waals surface area contributed by atoms with Gasteiger partial charge in [-0.3, -0.25) is 9.78 Å². The first-order valence-corrected chi connectivity index (χ1v) is 5.16. The highest BCUT2D eigenvalue weighted by atomic mass is 79.9. The lowest BCUT2D eigenvalue weighted by atomic mass is 10.3. The average Bonchev–Trinajstić information content (AvgIpc) is 2.25. The largest absolute Gasteiger partial charge is 0.307 e. The third-order valence-electron chi connectivity index (χ3n) is 1.92. The van der Waals surface area contributed by atoms with Crippen LogP contribution in [0.3, 0.4) is 0 Å². The lowest BCUT2D eigenvalue weighted by molar-refractivity contribution is 0.740. The Kier molecular flexibility index (Phi) is 2.91. The van der Waals surface area contributed by atoms with Crippen molar-refractivity contribution in [1.29, 1.82) is 0 Å². The summed E-state index contributed by atoms with van der Waals surface area (Å²) in [5.74, 6) is 0. The van der Waals surface area contributed by atoms with Crippen molar-refractivity contribution in [2.24, 2.45) is 0 Å². The van der Waals surface area contributed by atoms with Gasteiger partial charge in [-0.05, 0) is 27.6 Å². The molecular weight excluding hydrogens is 258 g/mol. The predicted molar refractivity (Wildman–Crippen MR) is 59.5 cm³/mol. The predicted octanol–water partition coefficient (Wildman–Crippen LogP) is 1.45. The monoisotopic (exact) mass is 265 g/mol. The lowest BCUT2D eigenvalue weighted by Crippen LogP contribution is -2.19. The van der Waals surface area contributed by atoms with E-state index in [0.717, 1.165) is 5.56 Å². The van der Waals surface area contributed by atoms with Gasteiger partial charge < -0.3 is 4.57 Å². The first-order valence-electron chi connectivity index (χ1n) is 4.36. The normalized spacial score (nSPS) is 10.2. The van der Waals surface area contributed by atoms with Crippen molar-refractivity contribution in [2.75, 3.05) is 0 Å². The quantitative estimate of drug-likeness (QED) is 0.826. The fourth-order valence-corrected chi connectivity index (χ4v) is 1.58. The van der Waals surface area contributed by atoms with Crippen LogP contribution in [0.5, 0.6) is 0 Å². The molecule has 2 rings (SSSR count). The van der Waals surface area contributed by atoms with Gasteiger partial charge in [-0.1, -0.05) is 6.07 Å². The van der Waals surface area contributed by atoms with E-state index in [0.29, 0.717) is 11.1 Å². The van der Waals surface area contributed by atoms with Gasteiger partial charge in [0, 0.05) is 18.6 Å². The molecule has 0 saturated carbocycles. The number of rotatable bonds is 2. The fourth-order valence-electron chi connectivity index (χ4n) is 1.23. The molecule has 0 aliphatic rings. The van der Waals surface area contributed by atoms with E-state index in [1.54, 1.807) is 23.2 Å². The van der Waals surface area contributed by atoms with Crippen molar-refractivity contribution in [3.05, 3.63) is 57.4 Å². The summed E-state index contributed by atoms with van der Waals surface area (Å²) in [6.45, 7) is 0.508. The molecule has 0 spiro atoms. The van der Waals surface area contributed by atoms with Crippen LogP contribution in [0.25, 0.3) is 0 Å². The van der Waals surface area contributed by atoms with Crippen molar-refractivity contribution in [2.45, 2.75) is 6.54 Å². The van der Waals surface area contributed by atoms with E-state index in [9.17, 15) is 4.79 Å². The van der Waals surface area contributed by atoms with Crippen LogP contribution >= 0.6 is 15.9 Å². The standard InChI is InChI=1S/C10H8BrN3O/c11-9-7-14(10(15)5-13-9)6-8-2-1-3-12-4-8/h1-5,7H,6H2. The summed E-state index contributed by atoms with van der Waals surface area (Å²) < 4.78 is 2.22. The molecule has 2 aromatic heterocycles. The number of aromatic nitrogens is 3. The van der Waals surface area contributed by atoms with Crippen LogP contribution in [-0.2, 0) is 6.54 Å². The minimum absolute atomic E-state index is 0.123. The number of hydrogen-bond acceptors (Lipinski definition) is 3. The van der Waals surface area contributed by atoms with Crippen LogP contribution in [0.1, 0.15) is 5.56 Å². The maximum Gasteiger partial charge on any atom is 0.269 e.